The van der Waals surface area contributed by atoms with Gasteiger partial charge in [0, 0.05) is 13.2 Å². The first-order chi connectivity index (χ1) is 10.1. The molecule has 0 aliphatic rings. The third kappa shape index (κ3) is 7.68. The minimum absolute atomic E-state index is 0.198. The molecule has 1 rings (SSSR count). The van der Waals surface area contributed by atoms with E-state index in [9.17, 15) is 4.79 Å². The largest absolute Gasteiger partial charge is 0.491 e. The van der Waals surface area contributed by atoms with Crippen LogP contribution in [0.25, 0.3) is 0 Å². The summed E-state index contributed by atoms with van der Waals surface area (Å²) in [6.07, 6.45) is 2.38. The molecule has 0 heterocycles. The molecule has 0 radical (unpaired) electrons. The maximum absolute atomic E-state index is 11.0. The second kappa shape index (κ2) is 10.2. The lowest BCUT2D eigenvalue weighted by atomic mass is 10.2. The molecule has 5 heteroatoms. The normalized spacial score (nSPS) is 10.8. The van der Waals surface area contributed by atoms with Gasteiger partial charge in [0.1, 0.15) is 17.9 Å². The van der Waals surface area contributed by atoms with Crippen LogP contribution in [0.3, 0.4) is 0 Å². The summed E-state index contributed by atoms with van der Waals surface area (Å²) in [5.41, 5.74) is 0.198. The van der Waals surface area contributed by atoms with E-state index in [2.05, 4.69) is 5.32 Å². The van der Waals surface area contributed by atoms with Gasteiger partial charge in [0.15, 0.2) is 0 Å². The summed E-state index contributed by atoms with van der Waals surface area (Å²) in [5, 5.41) is 12.3. The smallest absolute Gasteiger partial charge is 0.339 e. The van der Waals surface area contributed by atoms with E-state index in [0.29, 0.717) is 25.0 Å². The summed E-state index contributed by atoms with van der Waals surface area (Å²) < 4.78 is 10.9. The fourth-order valence-electron chi connectivity index (χ4n) is 1.80. The van der Waals surface area contributed by atoms with Crippen LogP contribution in [0.2, 0.25) is 0 Å². The molecule has 0 spiro atoms. The van der Waals surface area contributed by atoms with Crippen LogP contribution in [0, 0.1) is 0 Å². The molecule has 0 unspecified atom stereocenters. The highest BCUT2D eigenvalue weighted by Crippen LogP contribution is 2.17. The molecule has 21 heavy (non-hydrogen) atoms. The fourth-order valence-corrected chi connectivity index (χ4v) is 1.80. The Morgan fingerprint density at radius 1 is 1.19 bits per heavy atom. The summed E-state index contributed by atoms with van der Waals surface area (Å²) in [6.45, 7) is 6.91. The fraction of sp³-hybridized carbons (Fsp3) is 0.562. The Balaban J connectivity index is 2.08. The number of carboxylic acids is 1. The van der Waals surface area contributed by atoms with Gasteiger partial charge in [-0.05, 0) is 45.4 Å². The van der Waals surface area contributed by atoms with Gasteiger partial charge >= 0.3 is 5.97 Å². The minimum atomic E-state index is -0.969. The topological polar surface area (TPSA) is 67.8 Å². The van der Waals surface area contributed by atoms with Crippen molar-refractivity contribution in [1.29, 1.82) is 0 Å². The number of ether oxygens (including phenoxy) is 2. The van der Waals surface area contributed by atoms with Crippen LogP contribution in [0.5, 0.6) is 5.75 Å². The Labute approximate surface area is 126 Å². The van der Waals surface area contributed by atoms with E-state index in [1.54, 1.807) is 24.3 Å². The van der Waals surface area contributed by atoms with Crippen LogP contribution in [0.15, 0.2) is 24.3 Å². The Bertz CT molecular complexity index is 420. The van der Waals surface area contributed by atoms with E-state index in [-0.39, 0.29) is 5.56 Å². The number of rotatable bonds is 11. The van der Waals surface area contributed by atoms with E-state index in [1.807, 2.05) is 13.8 Å². The second-order valence-electron chi connectivity index (χ2n) is 5.03. The first-order valence-electron chi connectivity index (χ1n) is 7.38. The van der Waals surface area contributed by atoms with Gasteiger partial charge in [0.25, 0.3) is 0 Å². The van der Waals surface area contributed by atoms with Gasteiger partial charge in [-0.2, -0.15) is 0 Å². The number of nitrogens with one attached hydrogen (secondary N) is 1. The van der Waals surface area contributed by atoms with E-state index < -0.39 is 5.97 Å². The molecule has 0 aliphatic heterocycles. The SMILES string of the molecule is CC(C)OCCCCNCCOc1ccccc1C(=O)O. The number of unbranched alkanes of at least 4 members (excludes halogenated alkanes) is 1. The predicted molar refractivity (Wildman–Crippen MR) is 82.1 cm³/mol. The lowest BCUT2D eigenvalue weighted by molar-refractivity contribution is 0.0692. The molecular formula is C16H25NO4. The molecule has 118 valence electrons. The van der Waals surface area contributed by atoms with E-state index in [4.69, 9.17) is 14.6 Å². The standard InChI is InChI=1S/C16H25NO4/c1-13(2)20-11-6-5-9-17-10-12-21-15-8-4-3-7-14(15)16(18)19/h3-4,7-8,13,17H,5-6,9-12H2,1-2H3,(H,18,19). The van der Waals surface area contributed by atoms with Crippen molar-refractivity contribution >= 4 is 5.97 Å². The number of carbonyl (C=O) groups is 1. The molecule has 0 saturated heterocycles. The Morgan fingerprint density at radius 2 is 1.95 bits per heavy atom. The van der Waals surface area contributed by atoms with Crippen molar-refractivity contribution in [2.75, 3.05) is 26.3 Å². The molecule has 0 fully saturated rings. The van der Waals surface area contributed by atoms with Crippen LogP contribution < -0.4 is 10.1 Å². The van der Waals surface area contributed by atoms with E-state index in [0.717, 1.165) is 26.0 Å². The summed E-state index contributed by atoms with van der Waals surface area (Å²) in [6, 6.07) is 6.67. The number of benzene rings is 1. The average Bonchev–Trinajstić information content (AvgIpc) is 2.45. The zero-order chi connectivity index (χ0) is 15.5. The second-order valence-corrected chi connectivity index (χ2v) is 5.03. The van der Waals surface area contributed by atoms with Crippen LogP contribution in [-0.2, 0) is 4.74 Å². The lowest BCUT2D eigenvalue weighted by Gasteiger charge is -2.10. The summed E-state index contributed by atoms with van der Waals surface area (Å²) >= 11 is 0. The molecule has 0 saturated carbocycles. The van der Waals surface area contributed by atoms with Gasteiger partial charge in [0.2, 0.25) is 0 Å². The van der Waals surface area contributed by atoms with Crippen molar-refractivity contribution in [2.45, 2.75) is 32.8 Å². The highest BCUT2D eigenvalue weighted by Gasteiger charge is 2.09. The van der Waals surface area contributed by atoms with Gasteiger partial charge in [-0.15, -0.1) is 0 Å². The minimum Gasteiger partial charge on any atom is -0.491 e. The Morgan fingerprint density at radius 3 is 2.67 bits per heavy atom. The quantitative estimate of drug-likeness (QED) is 0.614. The monoisotopic (exact) mass is 295 g/mol. The number of hydrogen-bond acceptors (Lipinski definition) is 4. The van der Waals surface area contributed by atoms with Crippen molar-refractivity contribution in [3.05, 3.63) is 29.8 Å². The summed E-state index contributed by atoms with van der Waals surface area (Å²) in [7, 11) is 0. The van der Waals surface area contributed by atoms with Gasteiger partial charge in [-0.25, -0.2) is 4.79 Å². The van der Waals surface area contributed by atoms with Crippen molar-refractivity contribution < 1.29 is 19.4 Å². The molecule has 0 amide bonds. The number of aromatic carboxylic acids is 1. The lowest BCUT2D eigenvalue weighted by Crippen LogP contribution is -2.22. The third-order valence-electron chi connectivity index (χ3n) is 2.85. The summed E-state index contributed by atoms with van der Waals surface area (Å²) in [5.74, 6) is -0.555. The highest BCUT2D eigenvalue weighted by molar-refractivity contribution is 5.90. The maximum Gasteiger partial charge on any atom is 0.339 e. The van der Waals surface area contributed by atoms with Gasteiger partial charge in [0.05, 0.1) is 6.10 Å². The van der Waals surface area contributed by atoms with E-state index in [1.165, 1.54) is 0 Å². The van der Waals surface area contributed by atoms with Crippen LogP contribution in [0.1, 0.15) is 37.0 Å². The Kier molecular flexibility index (Phi) is 8.47. The third-order valence-corrected chi connectivity index (χ3v) is 2.85. The molecular weight excluding hydrogens is 270 g/mol. The molecule has 2 N–H and O–H groups in total. The van der Waals surface area contributed by atoms with E-state index >= 15 is 0 Å². The summed E-state index contributed by atoms with van der Waals surface area (Å²) in [4.78, 5) is 11.0. The van der Waals surface area contributed by atoms with Crippen molar-refractivity contribution in [2.24, 2.45) is 0 Å². The molecule has 1 aromatic carbocycles. The molecule has 0 atom stereocenters. The van der Waals surface area contributed by atoms with Crippen LogP contribution in [0.4, 0.5) is 0 Å². The predicted octanol–water partition coefficient (Wildman–Crippen LogP) is 2.56. The average molecular weight is 295 g/mol. The van der Waals surface area contributed by atoms with Crippen molar-refractivity contribution in [3.8, 4) is 5.75 Å². The van der Waals surface area contributed by atoms with Gasteiger partial charge in [-0.3, -0.25) is 0 Å². The van der Waals surface area contributed by atoms with Gasteiger partial charge in [-0.1, -0.05) is 12.1 Å². The number of para-hydroxylation sites is 1. The van der Waals surface area contributed by atoms with Gasteiger partial charge < -0.3 is 19.9 Å². The maximum atomic E-state index is 11.0. The first-order valence-corrected chi connectivity index (χ1v) is 7.38. The molecule has 0 aliphatic carbocycles. The van der Waals surface area contributed by atoms with Crippen molar-refractivity contribution in [3.63, 3.8) is 0 Å². The molecule has 0 bridgehead atoms. The highest BCUT2D eigenvalue weighted by atomic mass is 16.5. The first kappa shape index (κ1) is 17.5. The zero-order valence-electron chi connectivity index (χ0n) is 12.8. The van der Waals surface area contributed by atoms with Crippen LogP contribution in [-0.4, -0.2) is 43.5 Å². The number of carboxylic acid groups (broad SMARTS) is 1. The number of hydrogen-bond donors (Lipinski definition) is 2. The van der Waals surface area contributed by atoms with Crippen LogP contribution >= 0.6 is 0 Å². The molecule has 1 aromatic rings. The van der Waals surface area contributed by atoms with Crippen molar-refractivity contribution in [1.82, 2.24) is 5.32 Å². The Hall–Kier alpha value is -1.59. The molecule has 0 aromatic heterocycles. The zero-order valence-corrected chi connectivity index (χ0v) is 12.8. The molecule has 5 nitrogen and oxygen atoms in total.